The Morgan fingerprint density at radius 2 is 2.22 bits per heavy atom. The van der Waals surface area contributed by atoms with E-state index in [1.807, 2.05) is 13.0 Å². The molecule has 1 atom stereocenters. The topological polar surface area (TPSA) is 38.3 Å². The van der Waals surface area contributed by atoms with Gasteiger partial charge in [0.15, 0.2) is 0 Å². The van der Waals surface area contributed by atoms with Gasteiger partial charge in [0.25, 0.3) is 5.91 Å². The standard InChI is InChI=1S/C14H20ClNO2/c1-4-5-12(15)9-16-14(17)11-7-6-10(2)13(8-11)18-3/h6-8,12H,4-5,9H2,1-3H3,(H,16,17). The zero-order valence-corrected chi connectivity index (χ0v) is 11.9. The molecule has 0 saturated heterocycles. The number of hydrogen-bond acceptors (Lipinski definition) is 2. The summed E-state index contributed by atoms with van der Waals surface area (Å²) in [6.07, 6.45) is 1.92. The lowest BCUT2D eigenvalue weighted by atomic mass is 10.1. The van der Waals surface area contributed by atoms with Crippen molar-refractivity contribution in [2.45, 2.75) is 32.1 Å². The molecule has 1 amide bonds. The van der Waals surface area contributed by atoms with E-state index < -0.39 is 0 Å². The molecule has 0 aromatic heterocycles. The van der Waals surface area contributed by atoms with Crippen molar-refractivity contribution in [3.8, 4) is 5.75 Å². The first kappa shape index (κ1) is 14.8. The Bertz CT molecular complexity index is 407. The van der Waals surface area contributed by atoms with Crippen LogP contribution in [0.5, 0.6) is 5.75 Å². The van der Waals surface area contributed by atoms with E-state index in [4.69, 9.17) is 16.3 Å². The number of hydrogen-bond donors (Lipinski definition) is 1. The largest absolute Gasteiger partial charge is 0.496 e. The third kappa shape index (κ3) is 4.22. The van der Waals surface area contributed by atoms with E-state index in [-0.39, 0.29) is 11.3 Å². The van der Waals surface area contributed by atoms with Gasteiger partial charge in [-0.05, 0) is 31.0 Å². The highest BCUT2D eigenvalue weighted by atomic mass is 35.5. The van der Waals surface area contributed by atoms with Crippen LogP contribution in [0.25, 0.3) is 0 Å². The van der Waals surface area contributed by atoms with E-state index in [1.165, 1.54) is 0 Å². The predicted molar refractivity (Wildman–Crippen MR) is 74.6 cm³/mol. The highest BCUT2D eigenvalue weighted by molar-refractivity contribution is 6.20. The molecule has 18 heavy (non-hydrogen) atoms. The third-order valence-electron chi connectivity index (χ3n) is 2.76. The Balaban J connectivity index is 2.61. The molecule has 1 rings (SSSR count). The quantitative estimate of drug-likeness (QED) is 0.806. The first-order chi connectivity index (χ1) is 8.58. The lowest BCUT2D eigenvalue weighted by molar-refractivity contribution is 0.0953. The molecule has 0 aliphatic heterocycles. The molecule has 0 radical (unpaired) electrons. The summed E-state index contributed by atoms with van der Waals surface area (Å²) in [6, 6.07) is 5.40. The average molecular weight is 270 g/mol. The van der Waals surface area contributed by atoms with Gasteiger partial charge in [0.2, 0.25) is 0 Å². The van der Waals surface area contributed by atoms with Gasteiger partial charge in [0.1, 0.15) is 5.75 Å². The molecule has 0 aliphatic carbocycles. The van der Waals surface area contributed by atoms with Gasteiger partial charge in [-0.3, -0.25) is 4.79 Å². The summed E-state index contributed by atoms with van der Waals surface area (Å²) in [5, 5.41) is 2.82. The molecule has 0 spiro atoms. The van der Waals surface area contributed by atoms with Crippen LogP contribution in [0.3, 0.4) is 0 Å². The van der Waals surface area contributed by atoms with Crippen molar-refractivity contribution >= 4 is 17.5 Å². The second kappa shape index (κ2) is 7.27. The number of halogens is 1. The van der Waals surface area contributed by atoms with Gasteiger partial charge in [-0.1, -0.05) is 19.4 Å². The van der Waals surface area contributed by atoms with Crippen molar-refractivity contribution in [3.05, 3.63) is 29.3 Å². The SMILES string of the molecule is CCCC(Cl)CNC(=O)c1ccc(C)c(OC)c1. The number of benzene rings is 1. The van der Waals surface area contributed by atoms with E-state index in [9.17, 15) is 4.79 Å². The summed E-state index contributed by atoms with van der Waals surface area (Å²) in [5.74, 6) is 0.605. The minimum Gasteiger partial charge on any atom is -0.496 e. The van der Waals surface area contributed by atoms with E-state index >= 15 is 0 Å². The van der Waals surface area contributed by atoms with Gasteiger partial charge in [0.05, 0.1) is 12.5 Å². The molecule has 100 valence electrons. The Kier molecular flexibility index (Phi) is 5.99. The third-order valence-corrected chi connectivity index (χ3v) is 3.13. The smallest absolute Gasteiger partial charge is 0.251 e. The molecular formula is C14H20ClNO2. The number of carbonyl (C=O) groups is 1. The summed E-state index contributed by atoms with van der Waals surface area (Å²) in [4.78, 5) is 11.9. The second-order valence-corrected chi connectivity index (χ2v) is 4.90. The van der Waals surface area contributed by atoms with Crippen LogP contribution in [0.15, 0.2) is 18.2 Å². The summed E-state index contributed by atoms with van der Waals surface area (Å²) in [7, 11) is 1.60. The first-order valence-electron chi connectivity index (χ1n) is 6.15. The maximum absolute atomic E-state index is 11.9. The maximum atomic E-state index is 11.9. The zero-order valence-electron chi connectivity index (χ0n) is 11.1. The van der Waals surface area contributed by atoms with Gasteiger partial charge in [-0.2, -0.15) is 0 Å². The van der Waals surface area contributed by atoms with Crippen molar-refractivity contribution in [2.24, 2.45) is 0 Å². The van der Waals surface area contributed by atoms with Crippen LogP contribution >= 0.6 is 11.6 Å². The van der Waals surface area contributed by atoms with Crippen LogP contribution in [-0.2, 0) is 0 Å². The normalized spacial score (nSPS) is 12.0. The van der Waals surface area contributed by atoms with Crippen molar-refractivity contribution in [2.75, 3.05) is 13.7 Å². The van der Waals surface area contributed by atoms with Gasteiger partial charge >= 0.3 is 0 Å². The Labute approximate surface area is 113 Å². The van der Waals surface area contributed by atoms with Crippen LogP contribution < -0.4 is 10.1 Å². The summed E-state index contributed by atoms with van der Waals surface area (Å²) < 4.78 is 5.19. The number of methoxy groups -OCH3 is 1. The molecule has 0 bridgehead atoms. The van der Waals surface area contributed by atoms with Gasteiger partial charge in [-0.15, -0.1) is 11.6 Å². The fourth-order valence-corrected chi connectivity index (χ4v) is 1.98. The van der Waals surface area contributed by atoms with Crippen molar-refractivity contribution in [1.29, 1.82) is 0 Å². The molecular weight excluding hydrogens is 250 g/mol. The van der Waals surface area contributed by atoms with E-state index in [0.717, 1.165) is 24.2 Å². The zero-order chi connectivity index (χ0) is 13.5. The molecule has 0 fully saturated rings. The van der Waals surface area contributed by atoms with Crippen molar-refractivity contribution < 1.29 is 9.53 Å². The molecule has 0 saturated carbocycles. The summed E-state index contributed by atoms with van der Waals surface area (Å²) in [6.45, 7) is 4.50. The van der Waals surface area contributed by atoms with Crippen LogP contribution in [0.1, 0.15) is 35.7 Å². The molecule has 4 heteroatoms. The first-order valence-corrected chi connectivity index (χ1v) is 6.59. The number of amides is 1. The number of carbonyl (C=O) groups excluding carboxylic acids is 1. The Morgan fingerprint density at radius 1 is 1.50 bits per heavy atom. The van der Waals surface area contributed by atoms with Gasteiger partial charge < -0.3 is 10.1 Å². The second-order valence-electron chi connectivity index (χ2n) is 4.28. The van der Waals surface area contributed by atoms with Gasteiger partial charge in [-0.25, -0.2) is 0 Å². The fourth-order valence-electron chi connectivity index (χ4n) is 1.68. The number of aryl methyl sites for hydroxylation is 1. The van der Waals surface area contributed by atoms with Crippen molar-refractivity contribution in [3.63, 3.8) is 0 Å². The molecule has 0 heterocycles. The fraction of sp³-hybridized carbons (Fsp3) is 0.500. The Morgan fingerprint density at radius 3 is 2.83 bits per heavy atom. The van der Waals surface area contributed by atoms with Crippen LogP contribution in [0.4, 0.5) is 0 Å². The van der Waals surface area contributed by atoms with Gasteiger partial charge in [0, 0.05) is 12.1 Å². The van der Waals surface area contributed by atoms with Crippen LogP contribution in [0.2, 0.25) is 0 Å². The number of ether oxygens (including phenoxy) is 1. The lowest BCUT2D eigenvalue weighted by Crippen LogP contribution is -2.29. The highest BCUT2D eigenvalue weighted by Gasteiger charge is 2.10. The molecule has 0 aliphatic rings. The monoisotopic (exact) mass is 269 g/mol. The van der Waals surface area contributed by atoms with Crippen LogP contribution in [-0.4, -0.2) is 24.9 Å². The predicted octanol–water partition coefficient (Wildman–Crippen LogP) is 3.14. The number of rotatable bonds is 6. The Hall–Kier alpha value is -1.22. The molecule has 3 nitrogen and oxygen atoms in total. The minimum absolute atomic E-state index is 0.00806. The van der Waals surface area contributed by atoms with E-state index in [2.05, 4.69) is 12.2 Å². The summed E-state index contributed by atoms with van der Waals surface area (Å²) >= 11 is 6.06. The lowest BCUT2D eigenvalue weighted by Gasteiger charge is -2.11. The molecule has 1 N–H and O–H groups in total. The molecule has 1 aromatic carbocycles. The minimum atomic E-state index is -0.116. The molecule has 1 aromatic rings. The van der Waals surface area contributed by atoms with Crippen molar-refractivity contribution in [1.82, 2.24) is 5.32 Å². The number of alkyl halides is 1. The summed E-state index contributed by atoms with van der Waals surface area (Å²) in [5.41, 5.74) is 1.60. The van der Waals surface area contributed by atoms with E-state index in [1.54, 1.807) is 19.2 Å². The maximum Gasteiger partial charge on any atom is 0.251 e. The number of nitrogens with one attached hydrogen (secondary N) is 1. The highest BCUT2D eigenvalue weighted by Crippen LogP contribution is 2.18. The van der Waals surface area contributed by atoms with E-state index in [0.29, 0.717) is 12.1 Å². The van der Waals surface area contributed by atoms with Crippen LogP contribution in [0, 0.1) is 6.92 Å². The molecule has 1 unspecified atom stereocenters. The average Bonchev–Trinajstić information content (AvgIpc) is 2.37.